The molecular formula is C26H27Cl3N2O. The SMILES string of the molecule is Clc1ccc(COc2ccc(Cl)cc2CNC2CCN(Cc3ccccc3)CC2)c(Cl)c1. The smallest absolute Gasteiger partial charge is 0.124 e. The lowest BCUT2D eigenvalue weighted by Gasteiger charge is -2.32. The van der Waals surface area contributed by atoms with Crippen molar-refractivity contribution < 1.29 is 4.74 Å². The highest BCUT2D eigenvalue weighted by Crippen LogP contribution is 2.27. The maximum absolute atomic E-state index is 6.28. The van der Waals surface area contributed by atoms with E-state index in [4.69, 9.17) is 39.5 Å². The zero-order chi connectivity index (χ0) is 22.3. The summed E-state index contributed by atoms with van der Waals surface area (Å²) in [6.45, 7) is 4.31. The lowest BCUT2D eigenvalue weighted by molar-refractivity contribution is 0.189. The molecule has 1 N–H and O–H groups in total. The molecule has 1 heterocycles. The van der Waals surface area contributed by atoms with Gasteiger partial charge in [-0.1, -0.05) is 71.2 Å². The fourth-order valence-electron chi connectivity index (χ4n) is 4.01. The number of hydrogen-bond donors (Lipinski definition) is 1. The maximum atomic E-state index is 6.28. The van der Waals surface area contributed by atoms with Gasteiger partial charge >= 0.3 is 0 Å². The minimum atomic E-state index is 0.377. The van der Waals surface area contributed by atoms with E-state index in [1.807, 2.05) is 30.3 Å². The molecule has 168 valence electrons. The van der Waals surface area contributed by atoms with Crippen LogP contribution in [0.15, 0.2) is 66.7 Å². The molecule has 0 radical (unpaired) electrons. The second-order valence-electron chi connectivity index (χ2n) is 8.19. The van der Waals surface area contributed by atoms with E-state index < -0.39 is 0 Å². The van der Waals surface area contributed by atoms with E-state index in [2.05, 4.69) is 40.5 Å². The van der Waals surface area contributed by atoms with Gasteiger partial charge in [0.2, 0.25) is 0 Å². The first-order valence-electron chi connectivity index (χ1n) is 10.9. The van der Waals surface area contributed by atoms with E-state index in [1.54, 1.807) is 6.07 Å². The van der Waals surface area contributed by atoms with Crippen molar-refractivity contribution in [2.75, 3.05) is 13.1 Å². The van der Waals surface area contributed by atoms with Gasteiger partial charge in [0.15, 0.2) is 0 Å². The van der Waals surface area contributed by atoms with E-state index in [1.165, 1.54) is 5.56 Å². The first-order valence-corrected chi connectivity index (χ1v) is 12.0. The number of rotatable bonds is 8. The van der Waals surface area contributed by atoms with Gasteiger partial charge in [-0.15, -0.1) is 0 Å². The second-order valence-corrected chi connectivity index (χ2v) is 9.47. The number of ether oxygens (including phenoxy) is 1. The molecule has 0 aromatic heterocycles. The Labute approximate surface area is 205 Å². The molecule has 1 fully saturated rings. The highest BCUT2D eigenvalue weighted by atomic mass is 35.5. The number of benzene rings is 3. The van der Waals surface area contributed by atoms with E-state index in [0.717, 1.165) is 49.4 Å². The summed E-state index contributed by atoms with van der Waals surface area (Å²) in [6, 6.07) is 22.3. The molecule has 0 saturated carbocycles. The van der Waals surface area contributed by atoms with Crippen LogP contribution in [0.1, 0.15) is 29.5 Å². The Morgan fingerprint density at radius 2 is 1.56 bits per heavy atom. The number of likely N-dealkylation sites (tertiary alicyclic amines) is 1. The van der Waals surface area contributed by atoms with Crippen LogP contribution in [0, 0.1) is 0 Å². The molecule has 6 heteroatoms. The van der Waals surface area contributed by atoms with Gasteiger partial charge < -0.3 is 10.1 Å². The lowest BCUT2D eigenvalue weighted by atomic mass is 10.0. The van der Waals surface area contributed by atoms with Gasteiger partial charge in [-0.25, -0.2) is 0 Å². The predicted molar refractivity (Wildman–Crippen MR) is 134 cm³/mol. The summed E-state index contributed by atoms with van der Waals surface area (Å²) in [6.07, 6.45) is 2.26. The van der Waals surface area contributed by atoms with Crippen molar-refractivity contribution in [3.8, 4) is 5.75 Å². The Balaban J connectivity index is 1.30. The summed E-state index contributed by atoms with van der Waals surface area (Å²) in [4.78, 5) is 2.53. The first kappa shape index (κ1) is 23.4. The fraction of sp³-hybridized carbons (Fsp3) is 0.308. The molecular weight excluding hydrogens is 463 g/mol. The zero-order valence-electron chi connectivity index (χ0n) is 17.9. The molecule has 3 aromatic rings. The summed E-state index contributed by atoms with van der Waals surface area (Å²) in [5.41, 5.74) is 3.32. The van der Waals surface area contributed by atoms with E-state index in [-0.39, 0.29) is 0 Å². The highest BCUT2D eigenvalue weighted by Gasteiger charge is 2.19. The van der Waals surface area contributed by atoms with Crippen molar-refractivity contribution in [3.63, 3.8) is 0 Å². The molecule has 1 aliphatic rings. The van der Waals surface area contributed by atoms with Crippen molar-refractivity contribution in [2.45, 2.75) is 38.6 Å². The van der Waals surface area contributed by atoms with Crippen LogP contribution in [-0.2, 0) is 19.7 Å². The maximum Gasteiger partial charge on any atom is 0.124 e. The normalized spacial score (nSPS) is 15.1. The lowest BCUT2D eigenvalue weighted by Crippen LogP contribution is -2.41. The third-order valence-corrected chi connectivity index (χ3v) is 6.66. The summed E-state index contributed by atoms with van der Waals surface area (Å²) in [5, 5.41) is 5.62. The van der Waals surface area contributed by atoms with Crippen molar-refractivity contribution in [3.05, 3.63) is 98.5 Å². The van der Waals surface area contributed by atoms with Crippen LogP contribution in [0.5, 0.6) is 5.75 Å². The minimum absolute atomic E-state index is 0.377. The van der Waals surface area contributed by atoms with Crippen molar-refractivity contribution in [2.24, 2.45) is 0 Å². The molecule has 1 saturated heterocycles. The summed E-state index contributed by atoms with van der Waals surface area (Å²) >= 11 is 18.5. The minimum Gasteiger partial charge on any atom is -0.489 e. The number of hydrogen-bond acceptors (Lipinski definition) is 3. The zero-order valence-corrected chi connectivity index (χ0v) is 20.1. The van der Waals surface area contributed by atoms with Crippen LogP contribution >= 0.6 is 34.8 Å². The average Bonchev–Trinajstić information content (AvgIpc) is 2.80. The van der Waals surface area contributed by atoms with Gasteiger partial charge in [0, 0.05) is 45.3 Å². The van der Waals surface area contributed by atoms with Crippen molar-refractivity contribution >= 4 is 34.8 Å². The van der Waals surface area contributed by atoms with Gasteiger partial charge in [0.1, 0.15) is 12.4 Å². The van der Waals surface area contributed by atoms with Gasteiger partial charge in [0.05, 0.1) is 0 Å². The molecule has 0 spiro atoms. The molecule has 1 aliphatic heterocycles. The molecule has 4 rings (SSSR count). The van der Waals surface area contributed by atoms with E-state index in [9.17, 15) is 0 Å². The summed E-state index contributed by atoms with van der Waals surface area (Å²) in [7, 11) is 0. The Hall–Kier alpha value is -1.75. The van der Waals surface area contributed by atoms with Gasteiger partial charge in [-0.05, 0) is 61.8 Å². The van der Waals surface area contributed by atoms with Crippen LogP contribution < -0.4 is 10.1 Å². The van der Waals surface area contributed by atoms with E-state index >= 15 is 0 Å². The Kier molecular flexibility index (Phi) is 8.34. The number of halogens is 3. The number of piperidine rings is 1. The van der Waals surface area contributed by atoms with Crippen LogP contribution in [0.2, 0.25) is 15.1 Å². The number of nitrogens with one attached hydrogen (secondary N) is 1. The van der Waals surface area contributed by atoms with Crippen LogP contribution in [-0.4, -0.2) is 24.0 Å². The molecule has 0 amide bonds. The fourth-order valence-corrected chi connectivity index (χ4v) is 4.67. The molecule has 32 heavy (non-hydrogen) atoms. The van der Waals surface area contributed by atoms with Crippen molar-refractivity contribution in [1.82, 2.24) is 10.2 Å². The third kappa shape index (κ3) is 6.63. The van der Waals surface area contributed by atoms with Crippen LogP contribution in [0.4, 0.5) is 0 Å². The molecule has 0 bridgehead atoms. The molecule has 0 aliphatic carbocycles. The number of nitrogens with zero attached hydrogens (tertiary/aromatic N) is 1. The quantitative estimate of drug-likeness (QED) is 0.369. The predicted octanol–water partition coefficient (Wildman–Crippen LogP) is 6.98. The van der Waals surface area contributed by atoms with Crippen LogP contribution in [0.25, 0.3) is 0 Å². The Morgan fingerprint density at radius 3 is 2.31 bits per heavy atom. The topological polar surface area (TPSA) is 24.5 Å². The highest BCUT2D eigenvalue weighted by molar-refractivity contribution is 6.35. The second kappa shape index (κ2) is 11.4. The Bertz CT molecular complexity index is 1020. The monoisotopic (exact) mass is 488 g/mol. The molecule has 0 atom stereocenters. The first-order chi connectivity index (χ1) is 15.6. The van der Waals surface area contributed by atoms with Gasteiger partial charge in [-0.2, -0.15) is 0 Å². The molecule has 3 aromatic carbocycles. The summed E-state index contributed by atoms with van der Waals surface area (Å²) in [5.74, 6) is 0.814. The Morgan fingerprint density at radius 1 is 0.844 bits per heavy atom. The molecule has 3 nitrogen and oxygen atoms in total. The van der Waals surface area contributed by atoms with Crippen molar-refractivity contribution in [1.29, 1.82) is 0 Å². The van der Waals surface area contributed by atoms with Crippen LogP contribution in [0.3, 0.4) is 0 Å². The van der Waals surface area contributed by atoms with E-state index in [0.29, 0.717) is 34.3 Å². The molecule has 0 unspecified atom stereocenters. The largest absolute Gasteiger partial charge is 0.489 e. The average molecular weight is 490 g/mol. The third-order valence-electron chi connectivity index (χ3n) is 5.84. The van der Waals surface area contributed by atoms with Gasteiger partial charge in [0.25, 0.3) is 0 Å². The summed E-state index contributed by atoms with van der Waals surface area (Å²) < 4.78 is 6.09. The standard InChI is InChI=1S/C26H27Cl3N2O/c27-22-8-9-26(32-18-20-6-7-23(28)15-25(20)29)21(14-22)16-30-24-10-12-31(13-11-24)17-19-4-2-1-3-5-19/h1-9,14-15,24,30H,10-13,16-18H2. The van der Waals surface area contributed by atoms with Gasteiger partial charge in [-0.3, -0.25) is 4.90 Å².